The number of rotatable bonds is 3. The molecule has 0 amide bonds. The number of allylic oxidation sites excluding steroid dienone is 6. The lowest BCUT2D eigenvalue weighted by Gasteiger charge is -2.17. The van der Waals surface area contributed by atoms with Crippen LogP contribution in [0.1, 0.15) is 27.7 Å². The Morgan fingerprint density at radius 1 is 1.35 bits per heavy atom. The molecule has 1 aliphatic rings. The maximum Gasteiger partial charge on any atom is 0.225 e. The lowest BCUT2D eigenvalue weighted by Crippen LogP contribution is -2.24. The van der Waals surface area contributed by atoms with Crippen molar-refractivity contribution in [2.45, 2.75) is 27.7 Å². The molecule has 0 aromatic heterocycles. The van der Waals surface area contributed by atoms with E-state index >= 15 is 0 Å². The quantitative estimate of drug-likeness (QED) is 0.454. The van der Waals surface area contributed by atoms with Crippen molar-refractivity contribution >= 4 is 27.5 Å². The fraction of sp³-hybridized carbons (Fsp3) is 0.429. The third-order valence-electron chi connectivity index (χ3n) is 3.10. The largest absolute Gasteiger partial charge is 0.289 e. The van der Waals surface area contributed by atoms with Crippen molar-refractivity contribution in [3.63, 3.8) is 0 Å². The number of ketones is 2. The van der Waals surface area contributed by atoms with E-state index < -0.39 is 5.41 Å². The zero-order chi connectivity index (χ0) is 13.2. The van der Waals surface area contributed by atoms with Gasteiger partial charge in [0.2, 0.25) is 11.6 Å². The summed E-state index contributed by atoms with van der Waals surface area (Å²) in [5.41, 5.74) is 1.81. The molecule has 2 nitrogen and oxygen atoms in total. The number of hydrogen-bond acceptors (Lipinski definition) is 2. The molecule has 0 bridgehead atoms. The summed E-state index contributed by atoms with van der Waals surface area (Å²) >= 11 is 3.33. The van der Waals surface area contributed by atoms with Crippen LogP contribution < -0.4 is 0 Å². The van der Waals surface area contributed by atoms with Crippen LogP contribution in [0.3, 0.4) is 0 Å². The predicted molar refractivity (Wildman–Crippen MR) is 73.2 cm³/mol. The molecular weight excluding hydrogens is 280 g/mol. The molecule has 1 aliphatic carbocycles. The molecule has 0 fully saturated rings. The topological polar surface area (TPSA) is 34.1 Å². The second-order valence-electron chi connectivity index (χ2n) is 4.76. The maximum atomic E-state index is 11.8. The Morgan fingerprint density at radius 3 is 2.35 bits per heavy atom. The van der Waals surface area contributed by atoms with Crippen LogP contribution in [0.25, 0.3) is 0 Å². The van der Waals surface area contributed by atoms with Crippen LogP contribution in [-0.4, -0.2) is 16.9 Å². The van der Waals surface area contributed by atoms with Crippen LogP contribution in [0.2, 0.25) is 0 Å². The Kier molecular flexibility index (Phi) is 4.26. The number of halogens is 1. The van der Waals surface area contributed by atoms with E-state index in [0.29, 0.717) is 5.57 Å². The molecule has 0 saturated heterocycles. The van der Waals surface area contributed by atoms with E-state index in [1.807, 2.05) is 25.2 Å². The standard InChI is InChI=1S/C14H17BrO2/c1-9(7-8-15)5-6-11-10(2)12(16)13(17)14(11,3)4/h5-7H,8H2,1-4H3. The van der Waals surface area contributed by atoms with Gasteiger partial charge in [-0.25, -0.2) is 0 Å². The smallest absolute Gasteiger partial charge is 0.225 e. The molecule has 0 aromatic rings. The van der Waals surface area contributed by atoms with Crippen molar-refractivity contribution in [3.8, 4) is 0 Å². The minimum atomic E-state index is -0.688. The molecule has 1 rings (SSSR count). The Balaban J connectivity index is 3.10. The maximum absolute atomic E-state index is 11.8. The number of carbonyl (C=O) groups excluding carboxylic acids is 2. The summed E-state index contributed by atoms with van der Waals surface area (Å²) in [4.78, 5) is 23.4. The Labute approximate surface area is 111 Å². The zero-order valence-electron chi connectivity index (χ0n) is 10.6. The third-order valence-corrected chi connectivity index (χ3v) is 3.43. The van der Waals surface area contributed by atoms with Crippen molar-refractivity contribution in [3.05, 3.63) is 34.9 Å². The zero-order valence-corrected chi connectivity index (χ0v) is 12.2. The molecule has 0 heterocycles. The van der Waals surface area contributed by atoms with E-state index in [0.717, 1.165) is 16.5 Å². The molecule has 0 aliphatic heterocycles. The summed E-state index contributed by atoms with van der Waals surface area (Å²) in [7, 11) is 0. The molecule has 0 spiro atoms. The average Bonchev–Trinajstić information content (AvgIpc) is 2.39. The van der Waals surface area contributed by atoms with Gasteiger partial charge in [0.25, 0.3) is 0 Å². The average molecular weight is 297 g/mol. The van der Waals surface area contributed by atoms with Crippen LogP contribution in [0.4, 0.5) is 0 Å². The van der Waals surface area contributed by atoms with Crippen molar-refractivity contribution < 1.29 is 9.59 Å². The molecule has 0 unspecified atom stereocenters. The highest BCUT2D eigenvalue weighted by Gasteiger charge is 2.43. The van der Waals surface area contributed by atoms with Crippen molar-refractivity contribution in [2.24, 2.45) is 5.41 Å². The van der Waals surface area contributed by atoms with Crippen LogP contribution >= 0.6 is 15.9 Å². The summed E-state index contributed by atoms with van der Waals surface area (Å²) in [5, 5.41) is 0.794. The van der Waals surface area contributed by atoms with Crippen molar-refractivity contribution in [1.29, 1.82) is 0 Å². The van der Waals surface area contributed by atoms with Gasteiger partial charge in [-0.3, -0.25) is 9.59 Å². The summed E-state index contributed by atoms with van der Waals surface area (Å²) < 4.78 is 0. The molecule has 0 aromatic carbocycles. The molecule has 0 atom stereocenters. The van der Waals surface area contributed by atoms with Gasteiger partial charge in [-0.1, -0.05) is 39.7 Å². The van der Waals surface area contributed by atoms with Crippen molar-refractivity contribution in [2.75, 3.05) is 5.33 Å². The second kappa shape index (κ2) is 5.13. The molecule has 92 valence electrons. The highest BCUT2D eigenvalue weighted by Crippen LogP contribution is 2.38. The van der Waals surface area contributed by atoms with Crippen LogP contribution in [-0.2, 0) is 9.59 Å². The first-order chi connectivity index (χ1) is 7.82. The normalized spacial score (nSPS) is 20.9. The minimum Gasteiger partial charge on any atom is -0.289 e. The Morgan fingerprint density at radius 2 is 1.94 bits per heavy atom. The van der Waals surface area contributed by atoms with Crippen LogP contribution in [0.5, 0.6) is 0 Å². The van der Waals surface area contributed by atoms with Gasteiger partial charge in [0.05, 0.1) is 5.41 Å². The van der Waals surface area contributed by atoms with Gasteiger partial charge in [-0.15, -0.1) is 0 Å². The summed E-state index contributed by atoms with van der Waals surface area (Å²) in [6, 6.07) is 0. The lowest BCUT2D eigenvalue weighted by molar-refractivity contribution is -0.137. The summed E-state index contributed by atoms with van der Waals surface area (Å²) in [5.74, 6) is -0.659. The number of carbonyl (C=O) groups is 2. The highest BCUT2D eigenvalue weighted by atomic mass is 79.9. The van der Waals surface area contributed by atoms with E-state index in [2.05, 4.69) is 15.9 Å². The number of hydrogen-bond donors (Lipinski definition) is 0. The summed E-state index contributed by atoms with van der Waals surface area (Å²) in [6.07, 6.45) is 5.85. The van der Waals surface area contributed by atoms with E-state index in [1.54, 1.807) is 20.8 Å². The molecule has 3 heteroatoms. The monoisotopic (exact) mass is 296 g/mol. The molecule has 0 radical (unpaired) electrons. The van der Waals surface area contributed by atoms with Gasteiger partial charge in [0.15, 0.2) is 0 Å². The fourth-order valence-corrected chi connectivity index (χ4v) is 2.42. The van der Waals surface area contributed by atoms with Gasteiger partial charge in [-0.05, 0) is 33.3 Å². The van der Waals surface area contributed by atoms with Gasteiger partial charge in [-0.2, -0.15) is 0 Å². The van der Waals surface area contributed by atoms with Gasteiger partial charge >= 0.3 is 0 Å². The fourth-order valence-electron chi connectivity index (χ4n) is 1.91. The third kappa shape index (κ3) is 2.65. The Bertz CT molecular complexity index is 451. The SMILES string of the molecule is CC(C=CC1=C(C)C(=O)C(=O)C1(C)C)=CCBr. The predicted octanol–water partition coefficient (Wildman–Crippen LogP) is 3.38. The molecule has 0 saturated carbocycles. The molecule has 17 heavy (non-hydrogen) atoms. The Hall–Kier alpha value is -0.960. The van der Waals surface area contributed by atoms with Crippen LogP contribution in [0, 0.1) is 5.41 Å². The van der Waals surface area contributed by atoms with Gasteiger partial charge in [0, 0.05) is 10.9 Å². The van der Waals surface area contributed by atoms with E-state index in [4.69, 9.17) is 0 Å². The van der Waals surface area contributed by atoms with E-state index in [1.165, 1.54) is 0 Å². The first-order valence-electron chi connectivity index (χ1n) is 5.53. The van der Waals surface area contributed by atoms with Crippen molar-refractivity contribution in [1.82, 2.24) is 0 Å². The first kappa shape index (κ1) is 14.1. The van der Waals surface area contributed by atoms with E-state index in [9.17, 15) is 9.59 Å². The minimum absolute atomic E-state index is 0.309. The molecule has 0 N–H and O–H groups in total. The lowest BCUT2D eigenvalue weighted by atomic mass is 9.84. The molecular formula is C14H17BrO2. The summed E-state index contributed by atoms with van der Waals surface area (Å²) in [6.45, 7) is 7.30. The number of alkyl halides is 1. The second-order valence-corrected chi connectivity index (χ2v) is 5.41. The van der Waals surface area contributed by atoms with Gasteiger partial charge < -0.3 is 0 Å². The van der Waals surface area contributed by atoms with Gasteiger partial charge in [0.1, 0.15) is 0 Å². The number of Topliss-reactive ketones (excluding diaryl/α,β-unsaturated/α-hetero) is 2. The van der Waals surface area contributed by atoms with E-state index in [-0.39, 0.29) is 11.6 Å². The first-order valence-corrected chi connectivity index (χ1v) is 6.65. The highest BCUT2D eigenvalue weighted by molar-refractivity contribution is 9.09. The van der Waals surface area contributed by atoms with Crippen LogP contribution in [0.15, 0.2) is 34.9 Å².